The first-order valence-electron chi connectivity index (χ1n) is 9.94. The maximum atomic E-state index is 12.7. The van der Waals surface area contributed by atoms with Crippen molar-refractivity contribution in [3.63, 3.8) is 0 Å². The van der Waals surface area contributed by atoms with Crippen LogP contribution in [0.15, 0.2) is 24.3 Å². The summed E-state index contributed by atoms with van der Waals surface area (Å²) in [4.78, 5) is 40.1. The molecule has 1 fully saturated rings. The first-order valence-corrected chi connectivity index (χ1v) is 11.8. The lowest BCUT2D eigenvalue weighted by Gasteiger charge is -2.30. The number of likely N-dealkylation sites (N-methyl/N-ethyl adjacent to an activating group) is 1. The van der Waals surface area contributed by atoms with Crippen LogP contribution in [0.3, 0.4) is 0 Å². The number of benzene rings is 1. The molecule has 0 bridgehead atoms. The molecule has 1 saturated heterocycles. The van der Waals surface area contributed by atoms with E-state index in [0.29, 0.717) is 24.4 Å². The van der Waals surface area contributed by atoms with Crippen LogP contribution in [0.25, 0.3) is 0 Å². The molecule has 2 amide bonds. The number of esters is 1. The Kier molecular flexibility index (Phi) is 6.64. The molecule has 9 nitrogen and oxygen atoms in total. The second-order valence-corrected chi connectivity index (χ2v) is 9.59. The molecule has 0 unspecified atom stereocenters. The van der Waals surface area contributed by atoms with Gasteiger partial charge in [-0.1, -0.05) is 12.1 Å². The highest BCUT2D eigenvalue weighted by molar-refractivity contribution is 7.91. The second-order valence-electron chi connectivity index (χ2n) is 7.36. The predicted molar refractivity (Wildman–Crippen MR) is 109 cm³/mol. The van der Waals surface area contributed by atoms with Crippen LogP contribution in [0.4, 0.5) is 5.69 Å². The number of carbonyl (C=O) groups excluding carboxylic acids is 3. The summed E-state index contributed by atoms with van der Waals surface area (Å²) in [5.41, 5.74) is 0.588. The minimum Gasteiger partial charge on any atom is -0.482 e. The highest BCUT2D eigenvalue weighted by Gasteiger charge is 2.36. The van der Waals surface area contributed by atoms with Crippen LogP contribution >= 0.6 is 0 Å². The van der Waals surface area contributed by atoms with Crippen molar-refractivity contribution in [3.8, 4) is 5.75 Å². The molecule has 0 N–H and O–H groups in total. The second kappa shape index (κ2) is 9.03. The van der Waals surface area contributed by atoms with Crippen LogP contribution in [-0.2, 0) is 29.0 Å². The molecule has 2 heterocycles. The van der Waals surface area contributed by atoms with Crippen LogP contribution in [-0.4, -0.2) is 74.4 Å². The number of ether oxygens (including phenoxy) is 2. The molecule has 1 aromatic rings. The van der Waals surface area contributed by atoms with E-state index in [1.54, 1.807) is 31.2 Å². The minimum absolute atomic E-state index is 0.0602. The van der Waals surface area contributed by atoms with Crippen molar-refractivity contribution in [3.05, 3.63) is 24.3 Å². The van der Waals surface area contributed by atoms with Gasteiger partial charge in [-0.3, -0.25) is 14.4 Å². The molecule has 0 radical (unpaired) electrons. The van der Waals surface area contributed by atoms with Crippen molar-refractivity contribution in [1.29, 1.82) is 0 Å². The predicted octanol–water partition coefficient (Wildman–Crippen LogP) is 0.769. The van der Waals surface area contributed by atoms with Crippen LogP contribution in [0.5, 0.6) is 5.75 Å². The molecule has 164 valence electrons. The van der Waals surface area contributed by atoms with Gasteiger partial charge in [0.15, 0.2) is 22.5 Å². The van der Waals surface area contributed by atoms with E-state index in [1.165, 1.54) is 16.7 Å². The maximum Gasteiger partial charge on any atom is 0.308 e. The van der Waals surface area contributed by atoms with Gasteiger partial charge >= 0.3 is 5.97 Å². The highest BCUT2D eigenvalue weighted by Crippen LogP contribution is 2.31. The van der Waals surface area contributed by atoms with Gasteiger partial charge in [0.05, 0.1) is 23.6 Å². The summed E-state index contributed by atoms with van der Waals surface area (Å²) in [6.07, 6.45) is -0.726. The fourth-order valence-corrected chi connectivity index (χ4v) is 5.49. The summed E-state index contributed by atoms with van der Waals surface area (Å²) in [5, 5.41) is 0. The van der Waals surface area contributed by atoms with Crippen molar-refractivity contribution in [1.82, 2.24) is 4.90 Å². The standard InChI is InChI=1S/C20H26N2O7S/c1-3-21(15-9-11-30(26,27)13-15)20(25)14(2)29-19(24)8-10-22-16-6-4-5-7-17(16)28-12-18(22)23/h4-7,14-15H,3,8-13H2,1-2H3/t14-,15-/m1/s1. The number of fused-ring (bicyclic) bond motifs is 1. The molecule has 2 aliphatic rings. The molecule has 0 aliphatic carbocycles. The number of hydrogen-bond acceptors (Lipinski definition) is 7. The van der Waals surface area contributed by atoms with Crippen LogP contribution in [0.2, 0.25) is 0 Å². The summed E-state index contributed by atoms with van der Waals surface area (Å²) >= 11 is 0. The lowest BCUT2D eigenvalue weighted by atomic mass is 10.2. The summed E-state index contributed by atoms with van der Waals surface area (Å²) in [7, 11) is -3.13. The van der Waals surface area contributed by atoms with E-state index in [4.69, 9.17) is 9.47 Å². The monoisotopic (exact) mass is 438 g/mol. The highest BCUT2D eigenvalue weighted by atomic mass is 32.2. The van der Waals surface area contributed by atoms with E-state index >= 15 is 0 Å². The van der Waals surface area contributed by atoms with Crippen molar-refractivity contribution in [2.45, 2.75) is 38.8 Å². The van der Waals surface area contributed by atoms with Gasteiger partial charge in [-0.2, -0.15) is 0 Å². The Hall–Kier alpha value is -2.62. The smallest absolute Gasteiger partial charge is 0.308 e. The van der Waals surface area contributed by atoms with Gasteiger partial charge in [-0.05, 0) is 32.4 Å². The van der Waals surface area contributed by atoms with Crippen molar-refractivity contribution in [2.24, 2.45) is 0 Å². The number of anilines is 1. The number of amides is 2. The number of rotatable bonds is 7. The average molecular weight is 439 g/mol. The van der Waals surface area contributed by atoms with Crippen LogP contribution in [0.1, 0.15) is 26.7 Å². The molecule has 2 atom stereocenters. The molecule has 0 saturated carbocycles. The number of sulfone groups is 1. The number of hydrogen-bond donors (Lipinski definition) is 0. The Bertz CT molecular complexity index is 931. The van der Waals surface area contributed by atoms with E-state index in [9.17, 15) is 22.8 Å². The largest absolute Gasteiger partial charge is 0.482 e. The molecule has 1 aromatic carbocycles. The zero-order chi connectivity index (χ0) is 21.9. The van der Waals surface area contributed by atoms with Gasteiger partial charge in [0.2, 0.25) is 0 Å². The SMILES string of the molecule is CCN(C(=O)[C@@H](C)OC(=O)CCN1C(=O)COc2ccccc21)[C@@H]1CCS(=O)(=O)C1. The van der Waals surface area contributed by atoms with Gasteiger partial charge in [0.25, 0.3) is 11.8 Å². The minimum atomic E-state index is -3.13. The number of para-hydroxylation sites is 2. The molecule has 0 spiro atoms. The molecular formula is C20H26N2O7S. The lowest BCUT2D eigenvalue weighted by molar-refractivity contribution is -0.159. The topological polar surface area (TPSA) is 110 Å². The summed E-state index contributed by atoms with van der Waals surface area (Å²) < 4.78 is 34.1. The zero-order valence-corrected chi connectivity index (χ0v) is 17.9. The Labute approximate surface area is 175 Å². The maximum absolute atomic E-state index is 12.7. The van der Waals surface area contributed by atoms with Gasteiger partial charge in [0, 0.05) is 19.1 Å². The third-order valence-corrected chi connectivity index (χ3v) is 7.03. The Morgan fingerprint density at radius 1 is 1.33 bits per heavy atom. The van der Waals surface area contributed by atoms with Gasteiger partial charge < -0.3 is 19.3 Å². The Morgan fingerprint density at radius 3 is 2.73 bits per heavy atom. The van der Waals surface area contributed by atoms with Crippen LogP contribution in [0, 0.1) is 0 Å². The number of carbonyl (C=O) groups is 3. The average Bonchev–Trinajstić information content (AvgIpc) is 3.07. The van der Waals surface area contributed by atoms with Gasteiger partial charge in [-0.15, -0.1) is 0 Å². The Balaban J connectivity index is 1.55. The summed E-state index contributed by atoms with van der Waals surface area (Å²) in [5.74, 6) is -0.719. The number of nitrogens with zero attached hydrogens (tertiary/aromatic N) is 2. The van der Waals surface area contributed by atoms with E-state index in [2.05, 4.69) is 0 Å². The van der Waals surface area contributed by atoms with Crippen molar-refractivity contribution < 1.29 is 32.3 Å². The van der Waals surface area contributed by atoms with E-state index in [1.807, 2.05) is 0 Å². The summed E-state index contributed by atoms with van der Waals surface area (Å²) in [6, 6.07) is 6.66. The van der Waals surface area contributed by atoms with Crippen LogP contribution < -0.4 is 9.64 Å². The summed E-state index contributed by atoms with van der Waals surface area (Å²) in [6.45, 7) is 3.58. The zero-order valence-electron chi connectivity index (χ0n) is 17.1. The normalized spacial score (nSPS) is 20.8. The van der Waals surface area contributed by atoms with E-state index < -0.39 is 33.9 Å². The van der Waals surface area contributed by atoms with E-state index in [-0.39, 0.29) is 37.0 Å². The third-order valence-electron chi connectivity index (χ3n) is 5.28. The first kappa shape index (κ1) is 22.1. The van der Waals surface area contributed by atoms with E-state index in [0.717, 1.165) is 0 Å². The quantitative estimate of drug-likeness (QED) is 0.578. The lowest BCUT2D eigenvalue weighted by Crippen LogP contribution is -2.46. The molecule has 3 rings (SSSR count). The molecule has 30 heavy (non-hydrogen) atoms. The van der Waals surface area contributed by atoms with Crippen molar-refractivity contribution >= 4 is 33.3 Å². The van der Waals surface area contributed by atoms with Gasteiger partial charge in [-0.25, -0.2) is 8.42 Å². The molecular weight excluding hydrogens is 412 g/mol. The third kappa shape index (κ3) is 4.92. The molecule has 10 heteroatoms. The Morgan fingerprint density at radius 2 is 2.07 bits per heavy atom. The first-order chi connectivity index (χ1) is 14.2. The molecule has 2 aliphatic heterocycles. The van der Waals surface area contributed by atoms with Gasteiger partial charge in [0.1, 0.15) is 5.75 Å². The molecule has 0 aromatic heterocycles. The fraction of sp³-hybridized carbons (Fsp3) is 0.550. The fourth-order valence-electron chi connectivity index (χ4n) is 3.76. The van der Waals surface area contributed by atoms with Crippen molar-refractivity contribution in [2.75, 3.05) is 36.1 Å².